The number of nitrogens with two attached hydrogens (primary N) is 1. The molecule has 20 heavy (non-hydrogen) atoms. The molecule has 2 aliphatic rings. The SMILES string of the molecule is NC(=S)c1ccc(Br)cc1N1CCC2CCCCC2C1. The van der Waals surface area contributed by atoms with Gasteiger partial charge in [-0.3, -0.25) is 0 Å². The first kappa shape index (κ1) is 14.3. The number of piperidine rings is 1. The molecule has 0 bridgehead atoms. The predicted octanol–water partition coefficient (Wildman–Crippen LogP) is 4.10. The lowest BCUT2D eigenvalue weighted by Gasteiger charge is -2.42. The van der Waals surface area contributed by atoms with E-state index in [9.17, 15) is 0 Å². The Morgan fingerprint density at radius 2 is 1.95 bits per heavy atom. The number of halogens is 1. The summed E-state index contributed by atoms with van der Waals surface area (Å²) >= 11 is 8.78. The van der Waals surface area contributed by atoms with E-state index in [1.807, 2.05) is 12.1 Å². The van der Waals surface area contributed by atoms with Gasteiger partial charge in [0.2, 0.25) is 0 Å². The second-order valence-electron chi connectivity index (χ2n) is 6.07. The van der Waals surface area contributed by atoms with Gasteiger partial charge in [0.1, 0.15) is 4.99 Å². The number of fused-ring (bicyclic) bond motifs is 1. The molecule has 2 N–H and O–H groups in total. The van der Waals surface area contributed by atoms with Crippen molar-refractivity contribution in [2.75, 3.05) is 18.0 Å². The van der Waals surface area contributed by atoms with Crippen molar-refractivity contribution in [2.24, 2.45) is 17.6 Å². The van der Waals surface area contributed by atoms with E-state index < -0.39 is 0 Å². The Morgan fingerprint density at radius 1 is 1.20 bits per heavy atom. The molecular formula is C16H21BrN2S. The van der Waals surface area contributed by atoms with Crippen LogP contribution in [0.5, 0.6) is 0 Å². The zero-order valence-corrected chi connectivity index (χ0v) is 14.0. The van der Waals surface area contributed by atoms with Crippen LogP contribution in [0, 0.1) is 11.8 Å². The lowest BCUT2D eigenvalue weighted by atomic mass is 9.75. The van der Waals surface area contributed by atoms with Crippen LogP contribution in [0.4, 0.5) is 5.69 Å². The summed E-state index contributed by atoms with van der Waals surface area (Å²) in [6.07, 6.45) is 6.95. The molecule has 2 unspecified atom stereocenters. The van der Waals surface area contributed by atoms with Crippen LogP contribution >= 0.6 is 28.1 Å². The summed E-state index contributed by atoms with van der Waals surface area (Å²) in [5.41, 5.74) is 8.11. The minimum atomic E-state index is 0.498. The summed E-state index contributed by atoms with van der Waals surface area (Å²) in [6.45, 7) is 2.30. The van der Waals surface area contributed by atoms with Gasteiger partial charge in [0.05, 0.1) is 0 Å². The molecule has 0 radical (unpaired) electrons. The van der Waals surface area contributed by atoms with E-state index in [1.54, 1.807) is 0 Å². The van der Waals surface area contributed by atoms with Crippen molar-refractivity contribution < 1.29 is 0 Å². The Labute approximate surface area is 134 Å². The van der Waals surface area contributed by atoms with E-state index in [0.29, 0.717) is 4.99 Å². The van der Waals surface area contributed by atoms with Crippen LogP contribution in [-0.2, 0) is 0 Å². The van der Waals surface area contributed by atoms with E-state index in [-0.39, 0.29) is 0 Å². The van der Waals surface area contributed by atoms with Gasteiger partial charge in [-0.05, 0) is 42.9 Å². The van der Waals surface area contributed by atoms with E-state index in [4.69, 9.17) is 18.0 Å². The quantitative estimate of drug-likeness (QED) is 0.812. The third-order valence-electron chi connectivity index (χ3n) is 4.86. The molecule has 0 amide bonds. The average Bonchev–Trinajstić information content (AvgIpc) is 2.46. The fourth-order valence-corrected chi connectivity index (χ4v) is 4.32. The molecule has 1 aromatic rings. The average molecular weight is 353 g/mol. The van der Waals surface area contributed by atoms with Gasteiger partial charge < -0.3 is 10.6 Å². The number of hydrogen-bond acceptors (Lipinski definition) is 2. The van der Waals surface area contributed by atoms with Crippen LogP contribution in [0.25, 0.3) is 0 Å². The predicted molar refractivity (Wildman–Crippen MR) is 92.3 cm³/mol. The molecule has 1 saturated heterocycles. The summed E-state index contributed by atoms with van der Waals surface area (Å²) in [4.78, 5) is 2.99. The first-order chi connectivity index (χ1) is 9.65. The third-order valence-corrected chi connectivity index (χ3v) is 5.57. The zero-order valence-electron chi connectivity index (χ0n) is 11.6. The van der Waals surface area contributed by atoms with E-state index >= 15 is 0 Å². The van der Waals surface area contributed by atoms with E-state index in [2.05, 4.69) is 26.9 Å². The van der Waals surface area contributed by atoms with Gasteiger partial charge in [0.15, 0.2) is 0 Å². The van der Waals surface area contributed by atoms with Crippen LogP contribution < -0.4 is 10.6 Å². The Morgan fingerprint density at radius 3 is 2.70 bits per heavy atom. The molecule has 2 atom stereocenters. The maximum absolute atomic E-state index is 5.89. The highest BCUT2D eigenvalue weighted by molar-refractivity contribution is 9.10. The summed E-state index contributed by atoms with van der Waals surface area (Å²) in [5, 5.41) is 0. The molecule has 3 rings (SSSR count). The largest absolute Gasteiger partial charge is 0.389 e. The summed E-state index contributed by atoms with van der Waals surface area (Å²) in [7, 11) is 0. The highest BCUT2D eigenvalue weighted by Gasteiger charge is 2.31. The number of benzene rings is 1. The van der Waals surface area contributed by atoms with Crippen molar-refractivity contribution in [2.45, 2.75) is 32.1 Å². The van der Waals surface area contributed by atoms with Gasteiger partial charge in [-0.25, -0.2) is 0 Å². The van der Waals surface area contributed by atoms with Crippen LogP contribution in [0.15, 0.2) is 22.7 Å². The molecular weight excluding hydrogens is 332 g/mol. The van der Waals surface area contributed by atoms with Crippen molar-refractivity contribution in [3.8, 4) is 0 Å². The lowest BCUT2D eigenvalue weighted by Crippen LogP contribution is -2.42. The van der Waals surface area contributed by atoms with Gasteiger partial charge in [-0.2, -0.15) is 0 Å². The fourth-order valence-electron chi connectivity index (χ4n) is 3.79. The minimum Gasteiger partial charge on any atom is -0.389 e. The number of rotatable bonds is 2. The molecule has 1 saturated carbocycles. The van der Waals surface area contributed by atoms with Crippen molar-refractivity contribution in [3.63, 3.8) is 0 Å². The number of hydrogen-bond donors (Lipinski definition) is 1. The fraction of sp³-hybridized carbons (Fsp3) is 0.562. The zero-order chi connectivity index (χ0) is 14.1. The van der Waals surface area contributed by atoms with Crippen molar-refractivity contribution in [1.29, 1.82) is 0 Å². The third kappa shape index (κ3) is 2.86. The van der Waals surface area contributed by atoms with Gasteiger partial charge >= 0.3 is 0 Å². The maximum atomic E-state index is 5.89. The first-order valence-corrected chi connectivity index (χ1v) is 8.69. The Bertz CT molecular complexity index is 517. The minimum absolute atomic E-state index is 0.498. The highest BCUT2D eigenvalue weighted by atomic mass is 79.9. The lowest BCUT2D eigenvalue weighted by molar-refractivity contribution is 0.202. The first-order valence-electron chi connectivity index (χ1n) is 7.49. The maximum Gasteiger partial charge on any atom is 0.106 e. The topological polar surface area (TPSA) is 29.3 Å². The molecule has 1 heterocycles. The summed E-state index contributed by atoms with van der Waals surface area (Å²) < 4.78 is 1.10. The molecule has 2 nitrogen and oxygen atoms in total. The van der Waals surface area contributed by atoms with Gasteiger partial charge in [0.25, 0.3) is 0 Å². The molecule has 108 valence electrons. The Balaban J connectivity index is 1.85. The normalized spacial score (nSPS) is 26.1. The van der Waals surface area contributed by atoms with E-state index in [1.165, 1.54) is 37.8 Å². The number of nitrogens with zero attached hydrogens (tertiary/aromatic N) is 1. The number of anilines is 1. The monoisotopic (exact) mass is 352 g/mol. The highest BCUT2D eigenvalue weighted by Crippen LogP contribution is 2.38. The van der Waals surface area contributed by atoms with Gasteiger partial charge in [0, 0.05) is 28.8 Å². The van der Waals surface area contributed by atoms with Gasteiger partial charge in [-0.15, -0.1) is 0 Å². The smallest absolute Gasteiger partial charge is 0.106 e. The molecule has 2 fully saturated rings. The van der Waals surface area contributed by atoms with E-state index in [0.717, 1.165) is 35.0 Å². The van der Waals surface area contributed by atoms with Crippen LogP contribution in [0.1, 0.15) is 37.7 Å². The molecule has 0 spiro atoms. The van der Waals surface area contributed by atoms with Crippen molar-refractivity contribution >= 4 is 38.8 Å². The second kappa shape index (κ2) is 6.02. The van der Waals surface area contributed by atoms with Crippen LogP contribution in [0.2, 0.25) is 0 Å². The Kier molecular flexibility index (Phi) is 4.32. The Hall–Kier alpha value is -0.610. The molecule has 1 aromatic carbocycles. The summed E-state index contributed by atoms with van der Waals surface area (Å²) in [5.74, 6) is 1.80. The summed E-state index contributed by atoms with van der Waals surface area (Å²) in [6, 6.07) is 6.22. The molecule has 0 aromatic heterocycles. The second-order valence-corrected chi connectivity index (χ2v) is 7.42. The van der Waals surface area contributed by atoms with Crippen molar-refractivity contribution in [1.82, 2.24) is 0 Å². The standard InChI is InChI=1S/C16H21BrN2S/c17-13-5-6-14(16(18)20)15(9-13)19-8-7-11-3-1-2-4-12(11)10-19/h5-6,9,11-12H,1-4,7-8,10H2,(H2,18,20). The molecule has 1 aliphatic heterocycles. The molecule has 1 aliphatic carbocycles. The van der Waals surface area contributed by atoms with Gasteiger partial charge in [-0.1, -0.05) is 47.4 Å². The van der Waals surface area contributed by atoms with Crippen molar-refractivity contribution in [3.05, 3.63) is 28.2 Å². The number of thiocarbonyl (C=S) groups is 1. The van der Waals surface area contributed by atoms with Crippen LogP contribution in [0.3, 0.4) is 0 Å². The molecule has 4 heteroatoms. The van der Waals surface area contributed by atoms with Crippen LogP contribution in [-0.4, -0.2) is 18.1 Å².